The smallest absolute Gasteiger partial charge is 0.303 e. The quantitative estimate of drug-likeness (QED) is 0.0136. The molecule has 570 valence electrons. The van der Waals surface area contributed by atoms with Crippen LogP contribution in [0.25, 0.3) is 10.9 Å². The van der Waals surface area contributed by atoms with Crippen molar-refractivity contribution in [2.75, 3.05) is 44.7 Å². The van der Waals surface area contributed by atoms with Crippen LogP contribution in [0.3, 0.4) is 0 Å². The number of aromatic hydroxyl groups is 2. The Kier molecular flexibility index (Phi) is 33.0. The third-order valence-electron chi connectivity index (χ3n) is 17.2. The van der Waals surface area contributed by atoms with Gasteiger partial charge in [0.25, 0.3) is 0 Å². The number of nitrogens with zero attached hydrogens (tertiary/aromatic N) is 1. The molecule has 0 aliphatic carbocycles. The Morgan fingerprint density at radius 1 is 0.657 bits per heavy atom. The number of phenols is 2. The van der Waals surface area contributed by atoms with E-state index in [0.717, 1.165) is 21.6 Å². The van der Waals surface area contributed by atoms with E-state index in [0.29, 0.717) is 40.6 Å². The second-order valence-electron chi connectivity index (χ2n) is 25.6. The molecule has 105 heavy (non-hydrogen) atoms. The average Bonchev–Trinajstić information content (AvgIpc) is 1.68. The zero-order chi connectivity index (χ0) is 76.9. The molecule has 10 atom stereocenters. The van der Waals surface area contributed by atoms with Crippen LogP contribution in [0.1, 0.15) is 94.7 Å². The van der Waals surface area contributed by atoms with E-state index in [-0.39, 0.29) is 75.4 Å². The molecule has 13 amide bonds. The Labute approximate surface area is 612 Å². The van der Waals surface area contributed by atoms with Crippen LogP contribution in [0, 0.1) is 11.3 Å². The number of phenolic OH excluding ortho intramolecular Hbond substituents is 2. The lowest BCUT2D eigenvalue weighted by Gasteiger charge is -2.29. The fraction of sp³-hybridized carbons (Fsp3) is 0.485. The monoisotopic (exact) mass is 1500 g/mol. The van der Waals surface area contributed by atoms with Gasteiger partial charge in [-0.15, -0.1) is 0 Å². The topological polar surface area (TPSA) is 565 Å². The van der Waals surface area contributed by atoms with Gasteiger partial charge in [0.05, 0.1) is 0 Å². The Bertz CT molecular complexity index is 3750. The Morgan fingerprint density at radius 3 is 1.89 bits per heavy atom. The predicted molar refractivity (Wildman–Crippen MR) is 387 cm³/mol. The molecule has 2 aliphatic heterocycles. The lowest BCUT2D eigenvalue weighted by atomic mass is 10.00. The molecule has 37 heteroatoms. The molecule has 0 radical (unpaired) electrons. The third kappa shape index (κ3) is 27.1. The van der Waals surface area contributed by atoms with E-state index in [4.69, 9.17) is 22.6 Å². The van der Waals surface area contributed by atoms with Gasteiger partial charge in [-0.05, 0) is 98.5 Å². The molecule has 2 saturated heterocycles. The summed E-state index contributed by atoms with van der Waals surface area (Å²) >= 11 is 0. The SMILES string of the molecule is CNCCC(=O)N1CCC[C@H]1C(=O)N[C@@H](Cc1ccc(O)cc1)C(=O)N[C@H]1CSSC[C@H](C(N)=O)NC(=O)[C@H](CCC(=O)O)NC(=O)[C@H](Cc2c[nH]c3ccccc23)NC(=O)[C@H](CCC(N)=O)NC(=O)CCNC(=O)[C@H](CCCNC(=N)N)NC(=O)[C@H](Cc2ccc(O)cc2)NC(=O)[C@H](C(C)C)NC1=O. The third-order valence-corrected chi connectivity index (χ3v) is 19.6. The number of hydrogen-bond donors (Lipinski definition) is 20. The zero-order valence-electron chi connectivity index (χ0n) is 58.3. The highest BCUT2D eigenvalue weighted by molar-refractivity contribution is 8.76. The van der Waals surface area contributed by atoms with Crippen LogP contribution in [0.2, 0.25) is 0 Å². The summed E-state index contributed by atoms with van der Waals surface area (Å²) in [4.78, 5) is 201. The molecule has 6 rings (SSSR count). The summed E-state index contributed by atoms with van der Waals surface area (Å²) in [6.45, 7) is 3.32. The van der Waals surface area contributed by atoms with Gasteiger partial charge in [-0.3, -0.25) is 72.5 Å². The van der Waals surface area contributed by atoms with Crippen molar-refractivity contribution in [3.8, 4) is 11.5 Å². The Morgan fingerprint density at radius 2 is 1.25 bits per heavy atom. The molecule has 0 bridgehead atoms. The number of para-hydroxylation sites is 1. The summed E-state index contributed by atoms with van der Waals surface area (Å²) in [5.74, 6) is -15.4. The minimum absolute atomic E-state index is 0.0412. The van der Waals surface area contributed by atoms with Gasteiger partial charge in [0, 0.05) is 99.7 Å². The number of carboxylic acid groups (broad SMARTS) is 1. The van der Waals surface area contributed by atoms with Gasteiger partial charge in [-0.25, -0.2) is 0 Å². The van der Waals surface area contributed by atoms with Crippen LogP contribution in [-0.4, -0.2) is 219 Å². The normalized spacial score (nSPS) is 22.1. The molecule has 2 fully saturated rings. The molecule has 0 saturated carbocycles. The van der Waals surface area contributed by atoms with Crippen molar-refractivity contribution in [2.45, 2.75) is 158 Å². The number of primary amides is 2. The maximum Gasteiger partial charge on any atom is 0.303 e. The summed E-state index contributed by atoms with van der Waals surface area (Å²) in [5, 5.41) is 70.1. The average molecular weight is 1500 g/mol. The number of carbonyl (C=O) groups is 14. The van der Waals surface area contributed by atoms with E-state index >= 15 is 4.79 Å². The van der Waals surface area contributed by atoms with Crippen molar-refractivity contribution < 1.29 is 82.4 Å². The summed E-state index contributed by atoms with van der Waals surface area (Å²) < 4.78 is 0. The fourth-order valence-electron chi connectivity index (χ4n) is 11.5. The second kappa shape index (κ2) is 41.6. The summed E-state index contributed by atoms with van der Waals surface area (Å²) in [6.07, 6.45) is -1.19. The molecule has 23 N–H and O–H groups in total. The fourth-order valence-corrected chi connectivity index (χ4v) is 13.8. The number of nitrogens with one attached hydrogen (secondary N) is 14. The van der Waals surface area contributed by atoms with E-state index in [1.807, 2.05) is 0 Å². The standard InChI is InChI=1S/C68H94N18O17S2/c1-36(2)57-67(103)82-48(31-38-14-18-41(88)19-15-38)62(98)78-44(10-6-26-75-68(71)72)59(95)74-28-24-54(90)77-45(20-22-53(69)89)60(96)80-49(32-39-33-76-43-9-5-4-8-42(39)43)64(100)79-46(21-23-56(92)93)61(97)83-50(58(70)94)34-104-105-35-51(65(101)85-57)84-63(99)47(30-37-12-16-40(87)17-13-37)81-66(102)52-11-7-29-86(52)55(91)25-27-73-3/h4-5,8-9,12-19,33,36,44-52,57,73,76,87-88H,6-7,10-11,20-32,34-35H2,1-3H3,(H2,69,89)(H2,70,94)(H,74,95)(H,77,90)(H,78,98)(H,79,100)(H,80,96)(H,81,102)(H,82,103)(H,83,97)(H,84,99)(H,85,101)(H,92,93)(H4,71,72,75)/t44-,45-,46-,47-,48-,49-,50+,51-,52-,57-/m0/s1. The summed E-state index contributed by atoms with van der Waals surface area (Å²) in [7, 11) is 3.37. The van der Waals surface area contributed by atoms with Crippen LogP contribution >= 0.6 is 21.6 Å². The molecular formula is C68H94N18O17S2. The molecule has 2 aliphatic rings. The number of amides is 13. The molecule has 3 aromatic carbocycles. The number of aromatic nitrogens is 1. The maximum absolute atomic E-state index is 15.1. The first-order valence-corrected chi connectivity index (χ1v) is 36.7. The number of benzene rings is 3. The number of hydrogen-bond acceptors (Lipinski definition) is 20. The van der Waals surface area contributed by atoms with Crippen molar-refractivity contribution in [2.24, 2.45) is 23.1 Å². The number of carboxylic acids is 1. The summed E-state index contributed by atoms with van der Waals surface area (Å²) in [6, 6.07) is 3.05. The maximum atomic E-state index is 15.1. The molecular weight excluding hydrogens is 1400 g/mol. The van der Waals surface area contributed by atoms with Gasteiger partial charge in [0.2, 0.25) is 76.8 Å². The first-order valence-electron chi connectivity index (χ1n) is 34.2. The van der Waals surface area contributed by atoms with Crippen LogP contribution < -0.4 is 81.0 Å². The second-order valence-corrected chi connectivity index (χ2v) is 28.2. The van der Waals surface area contributed by atoms with Crippen LogP contribution in [0.15, 0.2) is 79.0 Å². The van der Waals surface area contributed by atoms with Gasteiger partial charge in [-0.1, -0.05) is 77.9 Å². The lowest BCUT2D eigenvalue weighted by Crippen LogP contribution is -2.61. The number of carbonyl (C=O) groups excluding carboxylic acids is 13. The highest BCUT2D eigenvalue weighted by Crippen LogP contribution is 2.26. The van der Waals surface area contributed by atoms with Crippen molar-refractivity contribution in [1.82, 2.24) is 73.7 Å². The molecule has 0 unspecified atom stereocenters. The molecule has 0 spiro atoms. The number of aromatic amines is 1. The number of rotatable bonds is 25. The van der Waals surface area contributed by atoms with Crippen LogP contribution in [0.4, 0.5) is 0 Å². The van der Waals surface area contributed by atoms with Crippen molar-refractivity contribution in [3.63, 3.8) is 0 Å². The molecule has 4 aromatic rings. The van der Waals surface area contributed by atoms with Crippen LogP contribution in [0.5, 0.6) is 11.5 Å². The molecule has 1 aromatic heterocycles. The number of fused-ring (bicyclic) bond motifs is 1. The van der Waals surface area contributed by atoms with E-state index in [9.17, 15) is 77.6 Å². The van der Waals surface area contributed by atoms with Gasteiger partial charge in [-0.2, -0.15) is 0 Å². The summed E-state index contributed by atoms with van der Waals surface area (Å²) in [5.41, 5.74) is 18.8. The predicted octanol–water partition coefficient (Wildman–Crippen LogP) is -2.99. The van der Waals surface area contributed by atoms with E-state index < -0.39 is 199 Å². The Hall–Kier alpha value is -10.7. The first-order chi connectivity index (χ1) is 50.0. The number of H-pyrrole nitrogens is 1. The lowest BCUT2D eigenvalue weighted by molar-refractivity contribution is -0.139. The van der Waals surface area contributed by atoms with Gasteiger partial charge < -0.3 is 106 Å². The van der Waals surface area contributed by atoms with Gasteiger partial charge in [0.15, 0.2) is 5.96 Å². The molecule has 35 nitrogen and oxygen atoms in total. The van der Waals surface area contributed by atoms with Crippen molar-refractivity contribution in [3.05, 3.63) is 95.7 Å². The van der Waals surface area contributed by atoms with E-state index in [2.05, 4.69) is 68.8 Å². The Balaban J connectivity index is 1.41. The van der Waals surface area contributed by atoms with Gasteiger partial charge in [0.1, 0.15) is 71.9 Å². The first kappa shape index (κ1) is 83.3. The molecule has 3 heterocycles. The van der Waals surface area contributed by atoms with Gasteiger partial charge >= 0.3 is 5.97 Å². The van der Waals surface area contributed by atoms with Crippen molar-refractivity contribution in [1.29, 1.82) is 5.41 Å². The van der Waals surface area contributed by atoms with Crippen LogP contribution in [-0.2, 0) is 86.4 Å². The minimum atomic E-state index is -1.75. The van der Waals surface area contributed by atoms with E-state index in [1.54, 1.807) is 51.4 Å². The van der Waals surface area contributed by atoms with E-state index in [1.165, 1.54) is 53.4 Å². The highest BCUT2D eigenvalue weighted by Gasteiger charge is 2.39. The number of aliphatic carboxylic acids is 1. The number of likely N-dealkylation sites (tertiary alicyclic amines) is 1. The largest absolute Gasteiger partial charge is 0.508 e. The number of nitrogens with two attached hydrogens (primary N) is 3. The highest BCUT2D eigenvalue weighted by atomic mass is 33.1. The minimum Gasteiger partial charge on any atom is -0.508 e. The number of guanidine groups is 1. The zero-order valence-corrected chi connectivity index (χ0v) is 60.0. The van der Waals surface area contributed by atoms with Crippen molar-refractivity contribution >= 4 is 121 Å².